The molecule has 1 heterocycles. The van der Waals surface area contributed by atoms with Crippen LogP contribution in [0.1, 0.15) is 44.4 Å². The van der Waals surface area contributed by atoms with Crippen LogP contribution in [0.3, 0.4) is 0 Å². The van der Waals surface area contributed by atoms with Gasteiger partial charge in [0.2, 0.25) is 15.9 Å². The number of methoxy groups -OCH3 is 1. The zero-order valence-corrected chi connectivity index (χ0v) is 19.6. The third-order valence-electron chi connectivity index (χ3n) is 5.36. The smallest absolute Gasteiger partial charge is 0.244 e. The number of nitrogens with zero attached hydrogens (tertiary/aromatic N) is 1. The van der Waals surface area contributed by atoms with E-state index in [0.29, 0.717) is 17.9 Å². The highest BCUT2D eigenvalue weighted by molar-refractivity contribution is 7.92. The molecule has 1 aliphatic rings. The number of ether oxygens (including phenoxy) is 2. The van der Waals surface area contributed by atoms with Crippen molar-refractivity contribution in [3.05, 3.63) is 53.6 Å². The van der Waals surface area contributed by atoms with Crippen molar-refractivity contribution in [1.29, 1.82) is 0 Å². The molecule has 1 amide bonds. The van der Waals surface area contributed by atoms with Crippen LogP contribution >= 0.6 is 0 Å². The van der Waals surface area contributed by atoms with Gasteiger partial charge in [0.1, 0.15) is 23.1 Å². The molecule has 1 aliphatic heterocycles. The number of benzene rings is 2. The largest absolute Gasteiger partial charge is 0.497 e. The molecule has 2 unspecified atom stereocenters. The number of carbonyl (C=O) groups excluding carboxylic acids is 1. The second-order valence-corrected chi connectivity index (χ2v) is 10.5. The lowest BCUT2D eigenvalue weighted by molar-refractivity contribution is -0.123. The van der Waals surface area contributed by atoms with Gasteiger partial charge in [-0.15, -0.1) is 0 Å². The van der Waals surface area contributed by atoms with Crippen LogP contribution in [0.15, 0.2) is 42.5 Å². The Hall–Kier alpha value is -2.74. The molecule has 2 aromatic carbocycles. The zero-order valence-electron chi connectivity index (χ0n) is 18.8. The fourth-order valence-corrected chi connectivity index (χ4v) is 5.09. The van der Waals surface area contributed by atoms with Crippen LogP contribution in [0.2, 0.25) is 0 Å². The SMILES string of the molecule is COc1ccc(N(C(C)C(=O)NC2CC(C)(C)Oc3cc(C)ccc32)S(C)(=O)=O)cc1. The molecular weight excluding hydrogens is 416 g/mol. The molecule has 2 atom stereocenters. The lowest BCUT2D eigenvalue weighted by Gasteiger charge is -2.39. The monoisotopic (exact) mass is 446 g/mol. The Balaban J connectivity index is 1.89. The van der Waals surface area contributed by atoms with E-state index in [0.717, 1.165) is 27.4 Å². The first-order valence-electron chi connectivity index (χ1n) is 10.1. The van der Waals surface area contributed by atoms with Crippen LogP contribution in [-0.2, 0) is 14.8 Å². The molecule has 31 heavy (non-hydrogen) atoms. The third kappa shape index (κ3) is 5.12. The maximum absolute atomic E-state index is 13.2. The molecule has 168 valence electrons. The summed E-state index contributed by atoms with van der Waals surface area (Å²) >= 11 is 0. The van der Waals surface area contributed by atoms with Crippen LogP contribution in [0.4, 0.5) is 5.69 Å². The van der Waals surface area contributed by atoms with Gasteiger partial charge in [-0.3, -0.25) is 9.10 Å². The highest BCUT2D eigenvalue weighted by Gasteiger charge is 2.37. The number of hydrogen-bond acceptors (Lipinski definition) is 5. The van der Waals surface area contributed by atoms with Crippen molar-refractivity contribution < 1.29 is 22.7 Å². The standard InChI is InChI=1S/C23H30N2O5S/c1-15-7-12-19-20(14-23(3,4)30-21(19)13-15)24-22(26)16(2)25(31(6,27)28)17-8-10-18(29-5)11-9-17/h7-13,16,20H,14H2,1-6H3,(H,24,26). The number of anilines is 1. The minimum atomic E-state index is -3.70. The van der Waals surface area contributed by atoms with E-state index < -0.39 is 21.7 Å². The Morgan fingerprint density at radius 3 is 2.45 bits per heavy atom. The topological polar surface area (TPSA) is 84.9 Å². The molecule has 2 aromatic rings. The van der Waals surface area contributed by atoms with Crippen molar-refractivity contribution in [2.75, 3.05) is 17.7 Å². The summed E-state index contributed by atoms with van der Waals surface area (Å²) in [7, 11) is -2.17. The van der Waals surface area contributed by atoms with Gasteiger partial charge in [-0.2, -0.15) is 0 Å². The summed E-state index contributed by atoms with van der Waals surface area (Å²) in [6.45, 7) is 7.52. The Kier molecular flexibility index (Phi) is 6.23. The van der Waals surface area contributed by atoms with E-state index in [1.807, 2.05) is 39.0 Å². The summed E-state index contributed by atoms with van der Waals surface area (Å²) in [5, 5.41) is 3.05. The predicted molar refractivity (Wildman–Crippen MR) is 121 cm³/mol. The van der Waals surface area contributed by atoms with E-state index in [1.54, 1.807) is 31.2 Å². The maximum Gasteiger partial charge on any atom is 0.244 e. The van der Waals surface area contributed by atoms with Crippen LogP contribution in [0, 0.1) is 6.92 Å². The Labute approximate surface area is 184 Å². The Morgan fingerprint density at radius 2 is 1.87 bits per heavy atom. The first-order valence-corrected chi connectivity index (χ1v) is 12.0. The summed E-state index contributed by atoms with van der Waals surface area (Å²) in [5.41, 5.74) is 1.89. The summed E-state index contributed by atoms with van der Waals surface area (Å²) in [5.74, 6) is 0.963. The van der Waals surface area contributed by atoms with Crippen molar-refractivity contribution in [1.82, 2.24) is 5.32 Å². The predicted octanol–water partition coefficient (Wildman–Crippen LogP) is 3.58. The summed E-state index contributed by atoms with van der Waals surface area (Å²) in [6, 6.07) is 11.2. The third-order valence-corrected chi connectivity index (χ3v) is 6.60. The molecule has 0 aliphatic carbocycles. The number of nitrogens with one attached hydrogen (secondary N) is 1. The van der Waals surface area contributed by atoms with Crippen LogP contribution in [0.25, 0.3) is 0 Å². The Morgan fingerprint density at radius 1 is 1.23 bits per heavy atom. The van der Waals surface area contributed by atoms with Crippen molar-refractivity contribution in [3.63, 3.8) is 0 Å². The molecule has 0 fully saturated rings. The van der Waals surface area contributed by atoms with Gasteiger partial charge in [-0.05, 0) is 63.6 Å². The van der Waals surface area contributed by atoms with Gasteiger partial charge in [0, 0.05) is 12.0 Å². The van der Waals surface area contributed by atoms with Gasteiger partial charge in [0.15, 0.2) is 0 Å². The molecule has 1 N–H and O–H groups in total. The van der Waals surface area contributed by atoms with Crippen molar-refractivity contribution in [2.45, 2.75) is 51.8 Å². The molecule has 0 bridgehead atoms. The van der Waals surface area contributed by atoms with E-state index in [1.165, 1.54) is 7.11 Å². The van der Waals surface area contributed by atoms with E-state index in [-0.39, 0.29) is 11.9 Å². The zero-order chi connectivity index (χ0) is 23.0. The van der Waals surface area contributed by atoms with E-state index >= 15 is 0 Å². The van der Waals surface area contributed by atoms with Crippen molar-refractivity contribution in [2.24, 2.45) is 0 Å². The minimum Gasteiger partial charge on any atom is -0.497 e. The fraction of sp³-hybridized carbons (Fsp3) is 0.435. The van der Waals surface area contributed by atoms with Crippen molar-refractivity contribution in [3.8, 4) is 11.5 Å². The van der Waals surface area contributed by atoms with Gasteiger partial charge >= 0.3 is 0 Å². The average Bonchev–Trinajstić information content (AvgIpc) is 2.66. The summed E-state index contributed by atoms with van der Waals surface area (Å²) < 4.78 is 37.5. The Bertz CT molecular complexity index is 1060. The first-order chi connectivity index (χ1) is 14.4. The van der Waals surface area contributed by atoms with E-state index in [9.17, 15) is 13.2 Å². The summed E-state index contributed by atoms with van der Waals surface area (Å²) in [4.78, 5) is 13.2. The maximum atomic E-state index is 13.2. The van der Waals surface area contributed by atoms with Gasteiger partial charge in [-0.1, -0.05) is 12.1 Å². The van der Waals surface area contributed by atoms with E-state index in [4.69, 9.17) is 9.47 Å². The highest BCUT2D eigenvalue weighted by Crippen LogP contribution is 2.40. The molecule has 0 saturated heterocycles. The van der Waals surface area contributed by atoms with Crippen molar-refractivity contribution >= 4 is 21.6 Å². The van der Waals surface area contributed by atoms with Crippen LogP contribution in [-0.4, -0.2) is 39.3 Å². The van der Waals surface area contributed by atoms with Gasteiger partial charge in [-0.25, -0.2) is 8.42 Å². The lowest BCUT2D eigenvalue weighted by atomic mass is 9.89. The van der Waals surface area contributed by atoms with Gasteiger partial charge in [0.05, 0.1) is 25.1 Å². The number of sulfonamides is 1. The molecule has 0 saturated carbocycles. The molecule has 0 radical (unpaired) electrons. The molecule has 7 nitrogen and oxygen atoms in total. The minimum absolute atomic E-state index is 0.286. The first kappa shape index (κ1) is 22.9. The number of rotatable bonds is 6. The van der Waals surface area contributed by atoms with Gasteiger partial charge in [0.25, 0.3) is 0 Å². The van der Waals surface area contributed by atoms with E-state index in [2.05, 4.69) is 5.32 Å². The second-order valence-electron chi connectivity index (χ2n) is 8.60. The molecular formula is C23H30N2O5S. The number of aryl methyl sites for hydroxylation is 1. The normalized spacial score (nSPS) is 18.3. The molecule has 0 aromatic heterocycles. The molecule has 0 spiro atoms. The second kappa shape index (κ2) is 8.42. The number of carbonyl (C=O) groups is 1. The average molecular weight is 447 g/mol. The summed E-state index contributed by atoms with van der Waals surface area (Å²) in [6.07, 6.45) is 1.67. The lowest BCUT2D eigenvalue weighted by Crippen LogP contribution is -2.50. The fourth-order valence-electron chi connectivity index (χ4n) is 3.92. The van der Waals surface area contributed by atoms with Gasteiger partial charge < -0.3 is 14.8 Å². The molecule has 3 rings (SSSR count). The molecule has 8 heteroatoms. The number of hydrogen-bond donors (Lipinski definition) is 1. The number of amides is 1. The quantitative estimate of drug-likeness (QED) is 0.733. The van der Waals surface area contributed by atoms with Crippen LogP contribution in [0.5, 0.6) is 11.5 Å². The highest BCUT2D eigenvalue weighted by atomic mass is 32.2. The number of fused-ring (bicyclic) bond motifs is 1. The van der Waals surface area contributed by atoms with Crippen LogP contribution < -0.4 is 19.1 Å².